The highest BCUT2D eigenvalue weighted by Crippen LogP contribution is 2.35. The number of nitrogens with zero attached hydrogens (tertiary/aromatic N) is 2. The van der Waals surface area contributed by atoms with Crippen molar-refractivity contribution in [2.75, 3.05) is 13.2 Å². The predicted octanol–water partition coefficient (Wildman–Crippen LogP) is 3.51. The second-order valence-corrected chi connectivity index (χ2v) is 7.04. The van der Waals surface area contributed by atoms with Crippen LogP contribution < -0.4 is 5.32 Å². The Morgan fingerprint density at radius 2 is 1.82 bits per heavy atom. The summed E-state index contributed by atoms with van der Waals surface area (Å²) in [5.41, 5.74) is 3.34. The van der Waals surface area contributed by atoms with E-state index in [-0.39, 0.29) is 5.91 Å². The summed E-state index contributed by atoms with van der Waals surface area (Å²) in [6.45, 7) is 1.65. The molecule has 1 N–H and O–H groups in total. The smallest absolute Gasteiger partial charge is 0.231 e. The SMILES string of the molecule is O=C(NCc1ccc(-c2cccnc2)nc1)C1(c2ccccc2)CCOCC1. The second-order valence-electron chi connectivity index (χ2n) is 7.04. The fraction of sp³-hybridized carbons (Fsp3) is 0.261. The van der Waals surface area contributed by atoms with Crippen LogP contribution in [0.2, 0.25) is 0 Å². The summed E-state index contributed by atoms with van der Waals surface area (Å²) in [5.74, 6) is 0.0540. The van der Waals surface area contributed by atoms with Crippen LogP contribution in [-0.2, 0) is 21.5 Å². The van der Waals surface area contributed by atoms with Crippen molar-refractivity contribution in [3.63, 3.8) is 0 Å². The lowest BCUT2D eigenvalue weighted by Gasteiger charge is -2.36. The molecule has 1 saturated heterocycles. The molecule has 0 bridgehead atoms. The van der Waals surface area contributed by atoms with Crippen LogP contribution >= 0.6 is 0 Å². The third-order valence-electron chi connectivity index (χ3n) is 5.34. The topological polar surface area (TPSA) is 64.1 Å². The van der Waals surface area contributed by atoms with Crippen molar-refractivity contribution in [1.29, 1.82) is 0 Å². The van der Waals surface area contributed by atoms with Gasteiger partial charge in [-0.3, -0.25) is 14.8 Å². The Bertz CT molecular complexity index is 906. The second kappa shape index (κ2) is 8.31. The van der Waals surface area contributed by atoms with Gasteiger partial charge in [0.05, 0.1) is 11.1 Å². The summed E-state index contributed by atoms with van der Waals surface area (Å²) in [7, 11) is 0. The van der Waals surface area contributed by atoms with Crippen LogP contribution in [0.3, 0.4) is 0 Å². The molecule has 0 aliphatic carbocycles. The highest BCUT2D eigenvalue weighted by molar-refractivity contribution is 5.88. The highest BCUT2D eigenvalue weighted by atomic mass is 16.5. The molecule has 3 aromatic rings. The van der Waals surface area contributed by atoms with Crippen molar-refractivity contribution < 1.29 is 9.53 Å². The number of amides is 1. The Morgan fingerprint density at radius 1 is 1.00 bits per heavy atom. The van der Waals surface area contributed by atoms with Crippen LogP contribution in [0.25, 0.3) is 11.3 Å². The molecule has 0 saturated carbocycles. The number of benzene rings is 1. The van der Waals surface area contributed by atoms with Gasteiger partial charge < -0.3 is 10.1 Å². The average molecular weight is 373 g/mol. The maximum Gasteiger partial charge on any atom is 0.231 e. The van der Waals surface area contributed by atoms with Crippen LogP contribution in [-0.4, -0.2) is 29.1 Å². The van der Waals surface area contributed by atoms with Crippen molar-refractivity contribution in [3.05, 3.63) is 84.3 Å². The zero-order chi connectivity index (χ0) is 19.2. The van der Waals surface area contributed by atoms with E-state index in [1.165, 1.54) is 0 Å². The van der Waals surface area contributed by atoms with E-state index in [9.17, 15) is 4.79 Å². The van der Waals surface area contributed by atoms with E-state index in [0.29, 0.717) is 32.6 Å². The summed E-state index contributed by atoms with van der Waals surface area (Å²) in [6.07, 6.45) is 6.73. The largest absolute Gasteiger partial charge is 0.381 e. The number of nitrogens with one attached hydrogen (secondary N) is 1. The van der Waals surface area contributed by atoms with E-state index in [2.05, 4.69) is 15.3 Å². The molecule has 142 valence electrons. The van der Waals surface area contributed by atoms with Gasteiger partial charge in [-0.1, -0.05) is 36.4 Å². The van der Waals surface area contributed by atoms with Crippen LogP contribution in [0, 0.1) is 0 Å². The van der Waals surface area contributed by atoms with E-state index in [0.717, 1.165) is 22.4 Å². The molecule has 3 heterocycles. The molecule has 4 rings (SSSR count). The molecule has 1 aliphatic heterocycles. The monoisotopic (exact) mass is 373 g/mol. The molecular formula is C23H23N3O2. The molecule has 5 nitrogen and oxygen atoms in total. The first-order valence-corrected chi connectivity index (χ1v) is 9.55. The summed E-state index contributed by atoms with van der Waals surface area (Å²) >= 11 is 0. The number of aromatic nitrogens is 2. The lowest BCUT2D eigenvalue weighted by atomic mass is 9.73. The Balaban J connectivity index is 1.47. The third kappa shape index (κ3) is 3.80. The van der Waals surface area contributed by atoms with E-state index in [1.807, 2.05) is 60.8 Å². The number of hydrogen-bond donors (Lipinski definition) is 1. The van der Waals surface area contributed by atoms with Gasteiger partial charge in [-0.05, 0) is 42.2 Å². The first-order chi connectivity index (χ1) is 13.8. The van der Waals surface area contributed by atoms with Gasteiger partial charge in [-0.2, -0.15) is 0 Å². The molecule has 28 heavy (non-hydrogen) atoms. The van der Waals surface area contributed by atoms with Gasteiger partial charge in [0.2, 0.25) is 5.91 Å². The molecule has 2 aromatic heterocycles. The first kappa shape index (κ1) is 18.3. The molecule has 0 radical (unpaired) electrons. The first-order valence-electron chi connectivity index (χ1n) is 9.55. The molecular weight excluding hydrogens is 350 g/mol. The zero-order valence-corrected chi connectivity index (χ0v) is 15.7. The van der Waals surface area contributed by atoms with Gasteiger partial charge >= 0.3 is 0 Å². The number of pyridine rings is 2. The van der Waals surface area contributed by atoms with Crippen LogP contribution in [0.5, 0.6) is 0 Å². The standard InChI is InChI=1S/C23H23N3O2/c27-22(23(10-13-28-14-11-23)20-6-2-1-3-7-20)26-16-18-8-9-21(25-15-18)19-5-4-12-24-17-19/h1-9,12,15,17H,10-11,13-14,16H2,(H,26,27). The fourth-order valence-electron chi connectivity index (χ4n) is 3.69. The molecule has 1 fully saturated rings. The van der Waals surface area contributed by atoms with Gasteiger partial charge in [0.15, 0.2) is 0 Å². The molecule has 0 spiro atoms. The average Bonchev–Trinajstić information content (AvgIpc) is 2.79. The minimum absolute atomic E-state index is 0.0540. The van der Waals surface area contributed by atoms with E-state index in [4.69, 9.17) is 4.74 Å². The van der Waals surface area contributed by atoms with Gasteiger partial charge in [-0.15, -0.1) is 0 Å². The number of rotatable bonds is 5. The molecule has 1 aromatic carbocycles. The number of hydrogen-bond acceptors (Lipinski definition) is 4. The van der Waals surface area contributed by atoms with Crippen molar-refractivity contribution >= 4 is 5.91 Å². The lowest BCUT2D eigenvalue weighted by Crippen LogP contribution is -2.47. The zero-order valence-electron chi connectivity index (χ0n) is 15.7. The third-order valence-corrected chi connectivity index (χ3v) is 5.34. The lowest BCUT2D eigenvalue weighted by molar-refractivity contribution is -0.130. The number of carbonyl (C=O) groups excluding carboxylic acids is 1. The highest BCUT2D eigenvalue weighted by Gasteiger charge is 2.41. The minimum atomic E-state index is -0.525. The van der Waals surface area contributed by atoms with Gasteiger partial charge in [0.25, 0.3) is 0 Å². The van der Waals surface area contributed by atoms with E-state index >= 15 is 0 Å². The molecule has 1 aliphatic rings. The van der Waals surface area contributed by atoms with Gasteiger partial charge in [-0.25, -0.2) is 0 Å². The summed E-state index contributed by atoms with van der Waals surface area (Å²) in [6, 6.07) is 17.8. The fourth-order valence-corrected chi connectivity index (χ4v) is 3.69. The van der Waals surface area contributed by atoms with Crippen molar-refractivity contribution in [2.24, 2.45) is 0 Å². The summed E-state index contributed by atoms with van der Waals surface area (Å²) in [5, 5.41) is 3.12. The maximum absolute atomic E-state index is 13.2. The Labute approximate surface area is 164 Å². The van der Waals surface area contributed by atoms with E-state index < -0.39 is 5.41 Å². The molecule has 1 amide bonds. The van der Waals surface area contributed by atoms with Crippen molar-refractivity contribution in [2.45, 2.75) is 24.8 Å². The normalized spacial score (nSPS) is 15.7. The Morgan fingerprint density at radius 3 is 2.50 bits per heavy atom. The number of ether oxygens (including phenoxy) is 1. The molecule has 5 heteroatoms. The maximum atomic E-state index is 13.2. The van der Waals surface area contributed by atoms with Crippen molar-refractivity contribution in [3.8, 4) is 11.3 Å². The minimum Gasteiger partial charge on any atom is -0.381 e. The van der Waals surface area contributed by atoms with Crippen LogP contribution in [0.1, 0.15) is 24.0 Å². The molecule has 0 atom stereocenters. The quantitative estimate of drug-likeness (QED) is 0.743. The van der Waals surface area contributed by atoms with Crippen molar-refractivity contribution in [1.82, 2.24) is 15.3 Å². The predicted molar refractivity (Wildman–Crippen MR) is 107 cm³/mol. The number of carbonyl (C=O) groups is 1. The van der Waals surface area contributed by atoms with Gasteiger partial charge in [0, 0.05) is 43.9 Å². The molecule has 0 unspecified atom stereocenters. The van der Waals surface area contributed by atoms with E-state index in [1.54, 1.807) is 12.4 Å². The van der Waals surface area contributed by atoms with Gasteiger partial charge in [0.1, 0.15) is 0 Å². The Kier molecular flexibility index (Phi) is 5.44. The summed E-state index contributed by atoms with van der Waals surface area (Å²) < 4.78 is 5.52. The Hall–Kier alpha value is -3.05. The van der Waals surface area contributed by atoms with Crippen LogP contribution in [0.15, 0.2) is 73.2 Å². The summed E-state index contributed by atoms with van der Waals surface area (Å²) in [4.78, 5) is 21.8. The van der Waals surface area contributed by atoms with Crippen LogP contribution in [0.4, 0.5) is 0 Å².